The predicted octanol–water partition coefficient (Wildman–Crippen LogP) is 1.35. The van der Waals surface area contributed by atoms with Crippen molar-refractivity contribution in [1.82, 2.24) is 0 Å². The van der Waals surface area contributed by atoms with Crippen LogP contribution in [0.1, 0.15) is 0 Å². The van der Waals surface area contributed by atoms with E-state index in [9.17, 15) is 0 Å². The molecule has 0 unspecified atom stereocenters. The van der Waals surface area contributed by atoms with Crippen LogP contribution in [0.4, 0.5) is 0 Å². The van der Waals surface area contributed by atoms with Crippen LogP contribution < -0.4 is 0 Å². The third-order valence-electron chi connectivity index (χ3n) is 1.31. The van der Waals surface area contributed by atoms with E-state index in [1.54, 1.807) is 0 Å². The number of hydrogen-bond acceptors (Lipinski definition) is 1. The maximum absolute atomic E-state index is 4.19. The molecule has 7 heteroatoms. The van der Waals surface area contributed by atoms with Crippen LogP contribution in [0.2, 0.25) is 0 Å². The van der Waals surface area contributed by atoms with Crippen LogP contribution in [0.5, 0.6) is 0 Å². The molecule has 0 aromatic rings. The van der Waals surface area contributed by atoms with Crippen molar-refractivity contribution in [3.63, 3.8) is 0 Å². The molecular weight excluding hydrogens is 452 g/mol. The summed E-state index contributed by atoms with van der Waals surface area (Å²) in [5, 5.41) is 0. The molecular formula is C5H11Br2NS3Sb+2. The number of hydrogen-bond donors (Lipinski definition) is 1. The molecule has 1 heterocycles. The molecule has 12 heavy (non-hydrogen) atoms. The minimum absolute atomic E-state index is 0.0250. The van der Waals surface area contributed by atoms with Gasteiger partial charge in [0.15, 0.2) is 13.1 Å². The van der Waals surface area contributed by atoms with E-state index in [0.29, 0.717) is 0 Å². The van der Waals surface area contributed by atoms with Crippen molar-refractivity contribution in [3.8, 4) is 0 Å². The molecule has 1 fully saturated rings. The molecule has 1 aliphatic rings. The summed E-state index contributed by atoms with van der Waals surface area (Å²) in [6, 6.07) is 0. The Hall–Kier alpha value is 2.50. The van der Waals surface area contributed by atoms with Crippen molar-refractivity contribution in [2.45, 2.75) is 0 Å². The van der Waals surface area contributed by atoms with E-state index >= 15 is 0 Å². The first-order chi connectivity index (χ1) is 5.72. The Morgan fingerprint density at radius 1 is 1.42 bits per heavy atom. The zero-order chi connectivity index (χ0) is 9.40. The molecule has 1 rings (SSSR count). The normalized spacial score (nSPS) is 16.5. The molecule has 0 amide bonds. The van der Waals surface area contributed by atoms with E-state index in [1.165, 1.54) is 11.5 Å². The Morgan fingerprint density at radius 3 is 2.08 bits per heavy atom. The van der Waals surface area contributed by atoms with E-state index < -0.39 is 0 Å². The summed E-state index contributed by atoms with van der Waals surface area (Å²) in [5.74, 6) is 2.46. The molecule has 0 atom stereocenters. The summed E-state index contributed by atoms with van der Waals surface area (Å²) >= 11 is 16.0. The molecule has 0 saturated carbocycles. The van der Waals surface area contributed by atoms with Crippen LogP contribution in [0, 0.1) is 0 Å². The van der Waals surface area contributed by atoms with Crippen molar-refractivity contribution in [3.05, 3.63) is 0 Å². The number of thiol groups is 1. The van der Waals surface area contributed by atoms with Gasteiger partial charge in [0.2, 0.25) is 0 Å². The average molecular weight is 463 g/mol. The molecule has 1 nitrogen and oxygen atoms in total. The van der Waals surface area contributed by atoms with Crippen molar-refractivity contribution < 1.29 is 4.58 Å². The van der Waals surface area contributed by atoms with Crippen molar-refractivity contribution in [1.29, 1.82) is 0 Å². The Morgan fingerprint density at radius 2 is 1.83 bits per heavy atom. The van der Waals surface area contributed by atoms with Crippen molar-refractivity contribution in [2.24, 2.45) is 0 Å². The van der Waals surface area contributed by atoms with Gasteiger partial charge in [-0.25, -0.2) is 0 Å². The van der Waals surface area contributed by atoms with Gasteiger partial charge in [-0.2, -0.15) is 4.58 Å². The zero-order valence-electron chi connectivity index (χ0n) is 6.33. The second kappa shape index (κ2) is 10.0. The first kappa shape index (κ1) is 14.5. The molecule has 0 N–H and O–H groups in total. The standard InChI is InChI=1S/C5H9NS3.2BrH.Sb/c7-5(8)6-1-3-9-4-2-6;;;/h1-4H2,(H,7,8);2*1H;/q;;;+2. The monoisotopic (exact) mass is 460 g/mol. The third-order valence-corrected chi connectivity index (χ3v) is 2.85. The Balaban J connectivity index is 0.000000354. The van der Waals surface area contributed by atoms with Crippen LogP contribution in [-0.2, 0) is 12.6 Å². The second-order valence-corrected chi connectivity index (χ2v) is 16.0. The number of nitrogens with zero attached hydrogens (tertiary/aromatic N) is 1. The number of halogens is 2. The van der Waals surface area contributed by atoms with Crippen LogP contribution in [0.3, 0.4) is 0 Å². The molecule has 0 spiro atoms. The molecule has 71 valence electrons. The summed E-state index contributed by atoms with van der Waals surface area (Å²) in [4.78, 5) is 0. The fourth-order valence-corrected chi connectivity index (χ4v) is 2.10. The fourth-order valence-electron chi connectivity index (χ4n) is 0.775. The number of thioether (sulfide) groups is 1. The topological polar surface area (TPSA) is 3.01 Å². The Kier molecular flexibility index (Phi) is 12.1. The summed E-state index contributed by atoms with van der Waals surface area (Å²) in [7, 11) is 0. The number of rotatable bonds is 0. The molecule has 0 aromatic heterocycles. The predicted molar refractivity (Wildman–Crippen MR) is 75.1 cm³/mol. The van der Waals surface area contributed by atoms with Gasteiger partial charge in [-0.15, -0.1) is 11.8 Å². The Labute approximate surface area is 111 Å². The SMILES string of the molecule is SC([SH2+])=[N+]1CCSCC1.[Br][Sb][Br]. The third kappa shape index (κ3) is 7.86. The fraction of sp³-hybridized carbons (Fsp3) is 0.800. The van der Waals surface area contributed by atoms with Crippen LogP contribution in [0.25, 0.3) is 0 Å². The first-order valence-electron chi connectivity index (χ1n) is 3.25. The van der Waals surface area contributed by atoms with Gasteiger partial charge < -0.3 is 0 Å². The van der Waals surface area contributed by atoms with Crippen LogP contribution in [-0.4, -0.2) is 50.7 Å². The van der Waals surface area contributed by atoms with Gasteiger partial charge in [-0.05, 0) is 12.6 Å². The quantitative estimate of drug-likeness (QED) is 0.187. The first-order valence-corrected chi connectivity index (χ1v) is 16.8. The summed E-state index contributed by atoms with van der Waals surface area (Å²) in [6.07, 6.45) is 0. The van der Waals surface area contributed by atoms with Crippen LogP contribution >= 0.6 is 49.6 Å². The van der Waals surface area contributed by atoms with E-state index in [0.717, 1.165) is 17.5 Å². The van der Waals surface area contributed by atoms with Gasteiger partial charge in [-0.3, -0.25) is 0 Å². The molecule has 0 aliphatic carbocycles. The van der Waals surface area contributed by atoms with Gasteiger partial charge in [-0.1, -0.05) is 0 Å². The summed E-state index contributed by atoms with van der Waals surface area (Å²) in [6.45, 7) is 2.26. The molecule has 1 radical (unpaired) electrons. The minimum atomic E-state index is -0.0250. The average Bonchev–Trinajstić information content (AvgIpc) is 2.07. The maximum atomic E-state index is 4.19. The summed E-state index contributed by atoms with van der Waals surface area (Å²) in [5.41, 5.74) is 0. The summed E-state index contributed by atoms with van der Waals surface area (Å²) < 4.78 is 3.20. The van der Waals surface area contributed by atoms with Gasteiger partial charge >= 0.3 is 46.7 Å². The zero-order valence-corrected chi connectivity index (χ0v) is 14.8. The van der Waals surface area contributed by atoms with Gasteiger partial charge in [0.05, 0.1) is 24.1 Å². The molecule has 1 aliphatic heterocycles. The molecule has 1 saturated heterocycles. The second-order valence-electron chi connectivity index (χ2n) is 1.99. The molecule has 0 bridgehead atoms. The molecule has 0 aromatic carbocycles. The van der Waals surface area contributed by atoms with Gasteiger partial charge in [0.1, 0.15) is 0 Å². The van der Waals surface area contributed by atoms with Gasteiger partial charge in [0, 0.05) is 0 Å². The van der Waals surface area contributed by atoms with E-state index in [4.69, 9.17) is 0 Å². The van der Waals surface area contributed by atoms with E-state index in [2.05, 4.69) is 55.0 Å². The van der Waals surface area contributed by atoms with Crippen LogP contribution in [0.15, 0.2) is 0 Å². The van der Waals surface area contributed by atoms with Gasteiger partial charge in [0.25, 0.3) is 0 Å². The van der Waals surface area contributed by atoms with Crippen molar-refractivity contribution in [2.75, 3.05) is 24.6 Å². The van der Waals surface area contributed by atoms with Crippen molar-refractivity contribution >= 4 is 83.7 Å². The van der Waals surface area contributed by atoms with E-state index in [-0.39, 0.29) is 17.1 Å². The van der Waals surface area contributed by atoms with E-state index in [1.807, 2.05) is 11.8 Å². The Bertz CT molecular complexity index is 144.